The Hall–Kier alpha value is -4.07. The van der Waals surface area contributed by atoms with Crippen LogP contribution in [0.2, 0.25) is 0 Å². The predicted molar refractivity (Wildman–Crippen MR) is 115 cm³/mol. The molecule has 0 bridgehead atoms. The topological polar surface area (TPSA) is 92.7 Å². The van der Waals surface area contributed by atoms with E-state index in [1.54, 1.807) is 30.3 Å². The molecule has 8 heteroatoms. The highest BCUT2D eigenvalue weighted by atomic mass is 16.6. The lowest BCUT2D eigenvalue weighted by Gasteiger charge is -2.13. The molecule has 3 amide bonds. The fourth-order valence-electron chi connectivity index (χ4n) is 3.64. The number of hydrazine groups is 1. The molecule has 4 rings (SSSR count). The van der Waals surface area contributed by atoms with E-state index in [0.717, 1.165) is 17.1 Å². The lowest BCUT2D eigenvalue weighted by molar-refractivity contribution is 0.0846. The largest absolute Gasteiger partial charge is 0.447 e. The van der Waals surface area contributed by atoms with Crippen LogP contribution in [0.15, 0.2) is 60.7 Å². The third-order valence-electron chi connectivity index (χ3n) is 5.18. The van der Waals surface area contributed by atoms with Crippen LogP contribution in [0, 0.1) is 13.8 Å². The zero-order valence-corrected chi connectivity index (χ0v) is 17.2. The molecule has 31 heavy (non-hydrogen) atoms. The Morgan fingerprint density at radius 1 is 0.903 bits per heavy atom. The number of carbonyl (C=O) groups excluding carboxylic acids is 3. The first-order valence-corrected chi connectivity index (χ1v) is 9.85. The normalized spacial score (nSPS) is 13.1. The van der Waals surface area contributed by atoms with Crippen LogP contribution in [-0.2, 0) is 4.74 Å². The van der Waals surface area contributed by atoms with E-state index in [9.17, 15) is 14.4 Å². The van der Waals surface area contributed by atoms with Gasteiger partial charge in [-0.25, -0.2) is 4.79 Å². The molecular formula is C23H22N4O4. The van der Waals surface area contributed by atoms with Gasteiger partial charge in [-0.15, -0.1) is 0 Å². The van der Waals surface area contributed by atoms with Crippen molar-refractivity contribution in [3.05, 3.63) is 83.2 Å². The van der Waals surface area contributed by atoms with Crippen molar-refractivity contribution in [3.8, 4) is 5.69 Å². The lowest BCUT2D eigenvalue weighted by atomic mass is 10.2. The number of aromatic nitrogens is 1. The van der Waals surface area contributed by atoms with E-state index in [2.05, 4.69) is 10.9 Å². The molecule has 0 atom stereocenters. The minimum atomic E-state index is -0.458. The molecule has 0 unspecified atom stereocenters. The fraction of sp³-hybridized carbons (Fsp3) is 0.174. The quantitative estimate of drug-likeness (QED) is 0.637. The summed E-state index contributed by atoms with van der Waals surface area (Å²) in [4.78, 5) is 38.2. The molecule has 0 aliphatic carbocycles. The molecule has 1 fully saturated rings. The van der Waals surface area contributed by atoms with Crippen molar-refractivity contribution < 1.29 is 19.1 Å². The molecule has 158 valence electrons. The maximum atomic E-state index is 12.7. The maximum absolute atomic E-state index is 12.7. The summed E-state index contributed by atoms with van der Waals surface area (Å²) in [5.41, 5.74) is 9.04. The number of rotatable bonds is 4. The summed E-state index contributed by atoms with van der Waals surface area (Å²) in [6.45, 7) is 4.60. The highest BCUT2D eigenvalue weighted by molar-refractivity contribution is 6.00. The molecule has 1 saturated heterocycles. The van der Waals surface area contributed by atoms with Crippen molar-refractivity contribution in [2.24, 2.45) is 0 Å². The third kappa shape index (κ3) is 4.00. The van der Waals surface area contributed by atoms with E-state index >= 15 is 0 Å². The van der Waals surface area contributed by atoms with Gasteiger partial charge in [0.2, 0.25) is 0 Å². The zero-order valence-electron chi connectivity index (χ0n) is 17.2. The Labute approximate surface area is 179 Å². The third-order valence-corrected chi connectivity index (χ3v) is 5.18. The van der Waals surface area contributed by atoms with E-state index in [4.69, 9.17) is 4.74 Å². The van der Waals surface area contributed by atoms with Crippen LogP contribution in [0.3, 0.4) is 0 Å². The highest BCUT2D eigenvalue weighted by Crippen LogP contribution is 2.21. The standard InChI is InChI=1S/C23H22N4O4/c1-15-14-20(16(2)27(15)19-6-4-3-5-7-19)22(29)25-24-21(28)17-8-10-18(11-9-17)26-12-13-31-23(26)30/h3-11,14H,12-13H2,1-2H3,(H,24,28)(H,25,29). The smallest absolute Gasteiger partial charge is 0.414 e. The molecule has 1 aromatic heterocycles. The van der Waals surface area contributed by atoms with Gasteiger partial charge in [0.05, 0.1) is 12.1 Å². The number of nitrogens with zero attached hydrogens (tertiary/aromatic N) is 2. The molecule has 2 N–H and O–H groups in total. The number of para-hydroxylation sites is 1. The van der Waals surface area contributed by atoms with E-state index in [0.29, 0.717) is 30.0 Å². The summed E-state index contributed by atoms with van der Waals surface area (Å²) in [5.74, 6) is -0.860. The number of amides is 3. The predicted octanol–water partition coefficient (Wildman–Crippen LogP) is 3.13. The molecule has 0 saturated carbocycles. The molecule has 8 nitrogen and oxygen atoms in total. The fourth-order valence-corrected chi connectivity index (χ4v) is 3.64. The molecule has 2 heterocycles. The summed E-state index contributed by atoms with van der Waals surface area (Å²) in [7, 11) is 0. The van der Waals surface area contributed by atoms with E-state index in [-0.39, 0.29) is 0 Å². The zero-order chi connectivity index (χ0) is 22.0. The monoisotopic (exact) mass is 418 g/mol. The van der Waals surface area contributed by atoms with E-state index in [1.807, 2.05) is 48.7 Å². The number of ether oxygens (including phenoxy) is 1. The van der Waals surface area contributed by atoms with Gasteiger partial charge in [-0.1, -0.05) is 18.2 Å². The molecule has 3 aromatic rings. The summed E-state index contributed by atoms with van der Waals surface area (Å²) in [6, 6.07) is 18.0. The number of aryl methyl sites for hydroxylation is 1. The van der Waals surface area contributed by atoms with Crippen molar-refractivity contribution in [3.63, 3.8) is 0 Å². The van der Waals surface area contributed by atoms with Crippen molar-refractivity contribution >= 4 is 23.6 Å². The van der Waals surface area contributed by atoms with Gasteiger partial charge in [-0.2, -0.15) is 0 Å². The van der Waals surface area contributed by atoms with Gasteiger partial charge >= 0.3 is 6.09 Å². The van der Waals surface area contributed by atoms with Crippen molar-refractivity contribution in [2.45, 2.75) is 13.8 Å². The number of anilines is 1. The average molecular weight is 418 g/mol. The van der Waals surface area contributed by atoms with Crippen LogP contribution in [0.1, 0.15) is 32.1 Å². The van der Waals surface area contributed by atoms with Gasteiger partial charge in [0, 0.05) is 28.3 Å². The maximum Gasteiger partial charge on any atom is 0.414 e. The Morgan fingerprint density at radius 3 is 2.23 bits per heavy atom. The number of carbonyl (C=O) groups is 3. The lowest BCUT2D eigenvalue weighted by Crippen LogP contribution is -2.41. The number of hydrogen-bond donors (Lipinski definition) is 2. The SMILES string of the molecule is Cc1cc(C(=O)NNC(=O)c2ccc(N3CCOC3=O)cc2)c(C)n1-c1ccccc1. The van der Waals surface area contributed by atoms with Gasteiger partial charge in [-0.3, -0.25) is 25.3 Å². The van der Waals surface area contributed by atoms with Gasteiger partial charge in [0.25, 0.3) is 11.8 Å². The highest BCUT2D eigenvalue weighted by Gasteiger charge is 2.23. The van der Waals surface area contributed by atoms with Crippen LogP contribution < -0.4 is 15.8 Å². The second-order valence-electron chi connectivity index (χ2n) is 7.18. The number of benzene rings is 2. The Morgan fingerprint density at radius 2 is 1.58 bits per heavy atom. The minimum absolute atomic E-state index is 0.345. The van der Waals surface area contributed by atoms with Crippen LogP contribution in [-0.4, -0.2) is 35.6 Å². The molecule has 0 spiro atoms. The van der Waals surface area contributed by atoms with Crippen LogP contribution in [0.4, 0.5) is 10.5 Å². The van der Waals surface area contributed by atoms with Gasteiger partial charge in [0.15, 0.2) is 0 Å². The van der Waals surface area contributed by atoms with Gasteiger partial charge in [0.1, 0.15) is 6.61 Å². The van der Waals surface area contributed by atoms with E-state index in [1.165, 1.54) is 4.90 Å². The van der Waals surface area contributed by atoms with Crippen molar-refractivity contribution in [1.29, 1.82) is 0 Å². The number of hydrogen-bond acceptors (Lipinski definition) is 4. The van der Waals surface area contributed by atoms with Crippen molar-refractivity contribution in [1.82, 2.24) is 15.4 Å². The summed E-state index contributed by atoms with van der Waals surface area (Å²) >= 11 is 0. The number of nitrogens with one attached hydrogen (secondary N) is 2. The van der Waals surface area contributed by atoms with Crippen LogP contribution >= 0.6 is 0 Å². The molecule has 2 aromatic carbocycles. The van der Waals surface area contributed by atoms with E-state index < -0.39 is 17.9 Å². The molecular weight excluding hydrogens is 396 g/mol. The molecule has 1 aliphatic rings. The first kappa shape index (κ1) is 20.2. The average Bonchev–Trinajstić information content (AvgIpc) is 3.34. The van der Waals surface area contributed by atoms with Crippen molar-refractivity contribution in [2.75, 3.05) is 18.1 Å². The summed E-state index contributed by atoms with van der Waals surface area (Å²) in [5, 5.41) is 0. The molecule has 0 radical (unpaired) electrons. The van der Waals surface area contributed by atoms with Gasteiger partial charge < -0.3 is 9.30 Å². The summed E-state index contributed by atoms with van der Waals surface area (Å²) < 4.78 is 6.90. The van der Waals surface area contributed by atoms with Crippen LogP contribution in [0.25, 0.3) is 5.69 Å². The second-order valence-corrected chi connectivity index (χ2v) is 7.18. The first-order valence-electron chi connectivity index (χ1n) is 9.85. The minimum Gasteiger partial charge on any atom is -0.447 e. The molecule has 1 aliphatic heterocycles. The summed E-state index contributed by atoms with van der Waals surface area (Å²) in [6.07, 6.45) is -0.405. The number of cyclic esters (lactones) is 1. The van der Waals surface area contributed by atoms with Crippen LogP contribution in [0.5, 0.6) is 0 Å². The Bertz CT molecular complexity index is 1140. The Balaban J connectivity index is 1.42. The Kier molecular flexibility index (Phi) is 5.44. The first-order chi connectivity index (χ1) is 15.0. The van der Waals surface area contributed by atoms with Gasteiger partial charge in [-0.05, 0) is 56.3 Å². The second kappa shape index (κ2) is 8.35.